The fourth-order valence-electron chi connectivity index (χ4n) is 0.0855. The van der Waals surface area contributed by atoms with Gasteiger partial charge >= 0.3 is 12.2 Å². The maximum absolute atomic E-state index is 9.38. The molecule has 0 atom stereocenters. The van der Waals surface area contributed by atoms with E-state index in [2.05, 4.69) is 10.2 Å². The normalized spacial score (nSPS) is 7.60. The Kier molecular flexibility index (Phi) is 13.0. The first-order valence-corrected chi connectivity index (χ1v) is 1.50. The van der Waals surface area contributed by atoms with Crippen LogP contribution < -0.4 is 0 Å². The molecule has 60 valence electrons. The molecule has 0 spiro atoms. The minimum atomic E-state index is -1.62. The Labute approximate surface area is 67.8 Å². The quantitative estimate of drug-likeness (QED) is 0.568. The lowest BCUT2D eigenvalue weighted by molar-refractivity contribution is 0.194. The molecule has 8 heteroatoms. The van der Waals surface area contributed by atoms with Crippen LogP contribution in [0.15, 0.2) is 10.2 Å². The smallest absolute Gasteiger partial charge is 0.450 e. The van der Waals surface area contributed by atoms with Gasteiger partial charge in [-0.05, 0) is 0 Å². The van der Waals surface area contributed by atoms with Crippen molar-refractivity contribution in [1.82, 2.24) is 0 Å². The van der Waals surface area contributed by atoms with E-state index in [0.29, 0.717) is 0 Å². The Morgan fingerprint density at radius 1 is 0.900 bits per heavy atom. The van der Waals surface area contributed by atoms with E-state index in [1.54, 1.807) is 0 Å². The molecule has 0 fully saturated rings. The zero-order chi connectivity index (χ0) is 6.57. The van der Waals surface area contributed by atoms with E-state index in [9.17, 15) is 9.59 Å². The monoisotopic (exact) mass is 190 g/mol. The lowest BCUT2D eigenvalue weighted by Crippen LogP contribution is -1.87. The Balaban J connectivity index is -0.000000245. The summed E-state index contributed by atoms with van der Waals surface area (Å²) in [7, 11) is 0. The minimum Gasteiger partial charge on any atom is -0.462 e. The van der Waals surface area contributed by atoms with Gasteiger partial charge in [-0.3, -0.25) is 0 Å². The second kappa shape index (κ2) is 8.12. The number of amides is 2. The molecule has 0 aromatic rings. The molecule has 6 nitrogen and oxygen atoms in total. The van der Waals surface area contributed by atoms with Gasteiger partial charge in [-0.1, -0.05) is 10.2 Å². The lowest BCUT2D eigenvalue weighted by atomic mass is 11.2. The molecule has 0 radical (unpaired) electrons. The fraction of sp³-hybridized carbons (Fsp3) is 0. The predicted molar refractivity (Wildman–Crippen MR) is 35.4 cm³/mol. The van der Waals surface area contributed by atoms with Crippen LogP contribution in [0.25, 0.3) is 0 Å². The van der Waals surface area contributed by atoms with E-state index >= 15 is 0 Å². The van der Waals surface area contributed by atoms with Crippen LogP contribution >= 0.6 is 24.8 Å². The van der Waals surface area contributed by atoms with Crippen LogP contribution in [0.3, 0.4) is 0 Å². The molecule has 0 aliphatic rings. The fourth-order valence-corrected chi connectivity index (χ4v) is 0.0855. The van der Waals surface area contributed by atoms with E-state index in [0.717, 1.165) is 0 Å². The largest absolute Gasteiger partial charge is 0.462 e. The average Bonchev–Trinajstić information content (AvgIpc) is 1.61. The predicted octanol–water partition coefficient (Wildman–Crippen LogP) is 1.64. The van der Waals surface area contributed by atoms with Crippen LogP contribution in [0.4, 0.5) is 9.59 Å². The molecule has 0 saturated heterocycles. The van der Waals surface area contributed by atoms with Gasteiger partial charge in [0.25, 0.3) is 0 Å². The highest BCUT2D eigenvalue weighted by molar-refractivity contribution is 5.85. The van der Waals surface area contributed by atoms with Gasteiger partial charge in [-0.2, -0.15) is 0 Å². The molecular formula is C2H4Cl2N2O4. The van der Waals surface area contributed by atoms with Crippen LogP contribution in [0, 0.1) is 0 Å². The van der Waals surface area contributed by atoms with Crippen LogP contribution in [-0.2, 0) is 0 Å². The zero-order valence-corrected chi connectivity index (χ0v) is 6.05. The van der Waals surface area contributed by atoms with Crippen molar-refractivity contribution in [1.29, 1.82) is 0 Å². The topological polar surface area (TPSA) is 99.3 Å². The third-order valence-corrected chi connectivity index (χ3v) is 0.221. The molecule has 2 amide bonds. The number of nitrogens with zero attached hydrogens (tertiary/aromatic N) is 2. The van der Waals surface area contributed by atoms with Gasteiger partial charge in [0, 0.05) is 0 Å². The highest BCUT2D eigenvalue weighted by Crippen LogP contribution is 1.76. The van der Waals surface area contributed by atoms with Crippen LogP contribution in [0.5, 0.6) is 0 Å². The Morgan fingerprint density at radius 3 is 1.20 bits per heavy atom. The zero-order valence-electron chi connectivity index (χ0n) is 4.42. The van der Waals surface area contributed by atoms with Crippen LogP contribution in [-0.4, -0.2) is 22.4 Å². The number of halogens is 2. The average molecular weight is 191 g/mol. The standard InChI is InChI=1S/C2H2N2O4.2ClH/c5-1(6)3-4-2(7)8;;/h(H,5,6)(H,7,8);2*1H. The summed E-state index contributed by atoms with van der Waals surface area (Å²) in [6, 6.07) is 0. The maximum Gasteiger partial charge on any atom is 0.450 e. The lowest BCUT2D eigenvalue weighted by Gasteiger charge is -1.72. The van der Waals surface area contributed by atoms with E-state index in [-0.39, 0.29) is 24.8 Å². The van der Waals surface area contributed by atoms with Crippen molar-refractivity contribution in [2.75, 3.05) is 0 Å². The molecule has 0 bridgehead atoms. The number of carboxylic acid groups (broad SMARTS) is 2. The number of azo groups is 1. The van der Waals surface area contributed by atoms with Crippen molar-refractivity contribution in [2.24, 2.45) is 10.2 Å². The van der Waals surface area contributed by atoms with Gasteiger partial charge in [-0.25, -0.2) is 9.59 Å². The van der Waals surface area contributed by atoms with E-state index in [1.807, 2.05) is 0 Å². The molecule has 2 N–H and O–H groups in total. The van der Waals surface area contributed by atoms with Gasteiger partial charge in [-0.15, -0.1) is 24.8 Å². The van der Waals surface area contributed by atoms with Crippen molar-refractivity contribution in [3.63, 3.8) is 0 Å². The third-order valence-electron chi connectivity index (χ3n) is 0.221. The highest BCUT2D eigenvalue weighted by atomic mass is 35.5. The Morgan fingerprint density at radius 2 is 1.10 bits per heavy atom. The van der Waals surface area contributed by atoms with Gasteiger partial charge < -0.3 is 10.2 Å². The van der Waals surface area contributed by atoms with Crippen molar-refractivity contribution >= 4 is 37.0 Å². The number of rotatable bonds is 0. The second-order valence-electron chi connectivity index (χ2n) is 0.765. The molecule has 0 aliphatic heterocycles. The minimum absolute atomic E-state index is 0. The van der Waals surface area contributed by atoms with Gasteiger partial charge in [0.2, 0.25) is 0 Å². The molecule has 0 heterocycles. The van der Waals surface area contributed by atoms with Crippen molar-refractivity contribution in [2.45, 2.75) is 0 Å². The van der Waals surface area contributed by atoms with Crippen molar-refractivity contribution in [3.05, 3.63) is 0 Å². The first-order valence-electron chi connectivity index (χ1n) is 1.50. The summed E-state index contributed by atoms with van der Waals surface area (Å²) in [5.74, 6) is 0. The maximum atomic E-state index is 9.38. The number of hydrogen-bond acceptors (Lipinski definition) is 2. The first-order chi connectivity index (χ1) is 3.63. The molecule has 10 heavy (non-hydrogen) atoms. The summed E-state index contributed by atoms with van der Waals surface area (Å²) in [4.78, 5) is 18.8. The molecular weight excluding hydrogens is 187 g/mol. The molecule has 0 saturated carbocycles. The van der Waals surface area contributed by atoms with Crippen molar-refractivity contribution < 1.29 is 19.8 Å². The summed E-state index contributed by atoms with van der Waals surface area (Å²) in [6.07, 6.45) is -3.24. The summed E-state index contributed by atoms with van der Waals surface area (Å²) in [6.45, 7) is 0. The van der Waals surface area contributed by atoms with Crippen LogP contribution in [0.2, 0.25) is 0 Å². The third kappa shape index (κ3) is 15.7. The van der Waals surface area contributed by atoms with Gasteiger partial charge in [0.15, 0.2) is 0 Å². The SMILES string of the molecule is Cl.Cl.O=C(O)N=NC(=O)O. The number of carbonyl (C=O) groups is 2. The molecule has 0 aromatic carbocycles. The summed E-state index contributed by atoms with van der Waals surface area (Å²) in [5, 5.41) is 19.8. The van der Waals surface area contributed by atoms with E-state index in [1.165, 1.54) is 0 Å². The number of hydrogen-bond donors (Lipinski definition) is 2. The van der Waals surface area contributed by atoms with Crippen LogP contribution in [0.1, 0.15) is 0 Å². The van der Waals surface area contributed by atoms with E-state index in [4.69, 9.17) is 10.2 Å². The van der Waals surface area contributed by atoms with Gasteiger partial charge in [0.05, 0.1) is 0 Å². The molecule has 0 rings (SSSR count). The molecule has 0 aromatic heterocycles. The Hall–Kier alpha value is -0.880. The molecule has 0 unspecified atom stereocenters. The van der Waals surface area contributed by atoms with Gasteiger partial charge in [0.1, 0.15) is 0 Å². The molecule has 0 aliphatic carbocycles. The van der Waals surface area contributed by atoms with Crippen molar-refractivity contribution in [3.8, 4) is 0 Å². The summed E-state index contributed by atoms with van der Waals surface area (Å²) in [5.41, 5.74) is 0. The second-order valence-corrected chi connectivity index (χ2v) is 0.765. The van der Waals surface area contributed by atoms with E-state index < -0.39 is 12.2 Å². The first kappa shape index (κ1) is 16.1. The highest BCUT2D eigenvalue weighted by Gasteiger charge is 1.91. The summed E-state index contributed by atoms with van der Waals surface area (Å²) < 4.78 is 0. The Bertz CT molecular complexity index is 130. The summed E-state index contributed by atoms with van der Waals surface area (Å²) >= 11 is 0.